The molecule has 0 aliphatic heterocycles. The summed E-state index contributed by atoms with van der Waals surface area (Å²) in [6.07, 6.45) is 5.25. The van der Waals surface area contributed by atoms with Crippen molar-refractivity contribution in [3.63, 3.8) is 0 Å². The molecule has 2 aromatic rings. The molecule has 2 rings (SSSR count). The molecular formula is C21H29N3O. The van der Waals surface area contributed by atoms with Gasteiger partial charge >= 0.3 is 0 Å². The molecule has 4 heteroatoms. The van der Waals surface area contributed by atoms with Gasteiger partial charge in [-0.2, -0.15) is 0 Å². The molecule has 1 aromatic heterocycles. The number of amides is 1. The number of rotatable bonds is 8. The lowest BCUT2D eigenvalue weighted by atomic mass is 9.96. The number of carbonyl (C=O) groups excluding carboxylic acids is 1. The number of nitrogens with one attached hydrogen (secondary N) is 1. The van der Waals surface area contributed by atoms with Gasteiger partial charge in [-0.1, -0.05) is 38.1 Å². The molecule has 1 amide bonds. The summed E-state index contributed by atoms with van der Waals surface area (Å²) in [4.78, 5) is 18.9. The van der Waals surface area contributed by atoms with E-state index in [9.17, 15) is 4.79 Å². The molecule has 0 saturated carbocycles. The predicted molar refractivity (Wildman–Crippen MR) is 102 cm³/mol. The monoisotopic (exact) mass is 339 g/mol. The van der Waals surface area contributed by atoms with Crippen LogP contribution in [0.3, 0.4) is 0 Å². The number of hydrogen-bond donors (Lipinski definition) is 1. The van der Waals surface area contributed by atoms with E-state index in [1.54, 1.807) is 12.4 Å². The Labute approximate surface area is 151 Å². The molecule has 4 nitrogen and oxygen atoms in total. The van der Waals surface area contributed by atoms with Gasteiger partial charge in [-0.25, -0.2) is 0 Å². The molecule has 1 unspecified atom stereocenters. The van der Waals surface area contributed by atoms with Crippen LogP contribution >= 0.6 is 0 Å². The maximum atomic E-state index is 12.6. The van der Waals surface area contributed by atoms with Gasteiger partial charge in [0.2, 0.25) is 5.91 Å². The first-order valence-corrected chi connectivity index (χ1v) is 8.99. The van der Waals surface area contributed by atoms with Crippen molar-refractivity contribution >= 4 is 5.91 Å². The summed E-state index contributed by atoms with van der Waals surface area (Å²) in [7, 11) is 4.12. The molecule has 0 saturated heterocycles. The fraction of sp³-hybridized carbons (Fsp3) is 0.429. The Hall–Kier alpha value is -2.20. The highest BCUT2D eigenvalue weighted by atomic mass is 16.1. The summed E-state index contributed by atoms with van der Waals surface area (Å²) in [5.74, 6) is 0.168. The summed E-state index contributed by atoms with van der Waals surface area (Å²) in [6.45, 7) is 5.02. The third-order valence-corrected chi connectivity index (χ3v) is 4.49. The van der Waals surface area contributed by atoms with Crippen LogP contribution in [0.5, 0.6) is 0 Å². The zero-order valence-corrected chi connectivity index (χ0v) is 15.7. The molecule has 134 valence electrons. The number of hydrogen-bond acceptors (Lipinski definition) is 3. The van der Waals surface area contributed by atoms with Crippen molar-refractivity contribution in [2.24, 2.45) is 5.92 Å². The zero-order valence-electron chi connectivity index (χ0n) is 15.7. The van der Waals surface area contributed by atoms with Crippen LogP contribution in [0.25, 0.3) is 0 Å². The first kappa shape index (κ1) is 19.1. The van der Waals surface area contributed by atoms with E-state index in [0.29, 0.717) is 0 Å². The van der Waals surface area contributed by atoms with E-state index >= 15 is 0 Å². The predicted octanol–water partition coefficient (Wildman–Crippen LogP) is 3.79. The normalized spacial score (nSPS) is 12.4. The number of nitrogens with zero attached hydrogens (tertiary/aromatic N) is 2. The van der Waals surface area contributed by atoms with Crippen LogP contribution in [0, 0.1) is 5.92 Å². The number of pyridine rings is 1. The largest absolute Gasteiger partial charge is 0.345 e. The lowest BCUT2D eigenvalue weighted by Gasteiger charge is -2.23. The average Bonchev–Trinajstić information content (AvgIpc) is 2.62. The third-order valence-electron chi connectivity index (χ3n) is 4.49. The third kappa shape index (κ3) is 5.40. The highest BCUT2D eigenvalue weighted by Crippen LogP contribution is 2.23. The summed E-state index contributed by atoms with van der Waals surface area (Å²) >= 11 is 0. The van der Waals surface area contributed by atoms with Crippen LogP contribution in [0.15, 0.2) is 48.8 Å². The number of benzene rings is 1. The number of aromatic nitrogens is 1. The molecular weight excluding hydrogens is 310 g/mol. The second-order valence-corrected chi connectivity index (χ2v) is 6.71. The minimum Gasteiger partial charge on any atom is -0.345 e. The molecule has 0 spiro atoms. The van der Waals surface area contributed by atoms with Crippen molar-refractivity contribution < 1.29 is 4.79 Å². The molecule has 0 fully saturated rings. The summed E-state index contributed by atoms with van der Waals surface area (Å²) in [5.41, 5.74) is 3.40. The molecule has 1 N–H and O–H groups in total. The first-order valence-electron chi connectivity index (χ1n) is 8.99. The Kier molecular flexibility index (Phi) is 7.14. The Morgan fingerprint density at radius 2 is 1.56 bits per heavy atom. The van der Waals surface area contributed by atoms with Crippen molar-refractivity contribution in [3.05, 3.63) is 65.5 Å². The van der Waals surface area contributed by atoms with E-state index in [0.717, 1.165) is 30.5 Å². The second kappa shape index (κ2) is 9.33. The SMILES string of the molecule is CCC(CC)C(=O)NC(c1ccncc1)c1ccc(CN(C)C)cc1. The Morgan fingerprint density at radius 1 is 1.00 bits per heavy atom. The molecule has 0 aliphatic carbocycles. The quantitative estimate of drug-likeness (QED) is 0.796. The van der Waals surface area contributed by atoms with Gasteiger partial charge in [-0.15, -0.1) is 0 Å². The Morgan fingerprint density at radius 3 is 2.08 bits per heavy atom. The van der Waals surface area contributed by atoms with Gasteiger partial charge in [-0.05, 0) is 55.8 Å². The lowest BCUT2D eigenvalue weighted by molar-refractivity contribution is -0.125. The summed E-state index contributed by atoms with van der Waals surface area (Å²) < 4.78 is 0. The van der Waals surface area contributed by atoms with Crippen molar-refractivity contribution in [2.75, 3.05) is 14.1 Å². The maximum Gasteiger partial charge on any atom is 0.223 e. The Bertz CT molecular complexity index is 649. The molecule has 1 heterocycles. The van der Waals surface area contributed by atoms with Gasteiger partial charge < -0.3 is 10.2 Å². The van der Waals surface area contributed by atoms with Gasteiger partial charge in [0.25, 0.3) is 0 Å². The van der Waals surface area contributed by atoms with Crippen molar-refractivity contribution in [3.8, 4) is 0 Å². The van der Waals surface area contributed by atoms with Gasteiger partial charge in [0.05, 0.1) is 6.04 Å². The molecule has 25 heavy (non-hydrogen) atoms. The molecule has 0 aliphatic rings. The lowest BCUT2D eigenvalue weighted by Crippen LogP contribution is -2.34. The van der Waals surface area contributed by atoms with Crippen LogP contribution in [0.2, 0.25) is 0 Å². The van der Waals surface area contributed by atoms with E-state index in [2.05, 4.69) is 67.4 Å². The van der Waals surface area contributed by atoms with Gasteiger partial charge in [0, 0.05) is 24.9 Å². The van der Waals surface area contributed by atoms with Crippen molar-refractivity contribution in [2.45, 2.75) is 39.3 Å². The van der Waals surface area contributed by atoms with Crippen molar-refractivity contribution in [1.82, 2.24) is 15.2 Å². The van der Waals surface area contributed by atoms with Crippen LogP contribution < -0.4 is 5.32 Å². The molecule has 1 aromatic carbocycles. The molecule has 0 bridgehead atoms. The number of carbonyl (C=O) groups is 1. The van der Waals surface area contributed by atoms with E-state index in [1.165, 1.54) is 5.56 Å². The van der Waals surface area contributed by atoms with E-state index in [-0.39, 0.29) is 17.9 Å². The van der Waals surface area contributed by atoms with E-state index in [1.807, 2.05) is 12.1 Å². The van der Waals surface area contributed by atoms with E-state index in [4.69, 9.17) is 0 Å². The second-order valence-electron chi connectivity index (χ2n) is 6.71. The summed E-state index contributed by atoms with van der Waals surface area (Å²) in [5, 5.41) is 3.23. The van der Waals surface area contributed by atoms with Gasteiger partial charge in [0.15, 0.2) is 0 Å². The van der Waals surface area contributed by atoms with Crippen LogP contribution in [-0.2, 0) is 11.3 Å². The smallest absolute Gasteiger partial charge is 0.223 e. The molecule has 1 atom stereocenters. The topological polar surface area (TPSA) is 45.2 Å². The highest BCUT2D eigenvalue weighted by molar-refractivity contribution is 5.79. The fourth-order valence-electron chi connectivity index (χ4n) is 3.02. The van der Waals surface area contributed by atoms with E-state index < -0.39 is 0 Å². The minimum atomic E-state index is -0.149. The highest BCUT2D eigenvalue weighted by Gasteiger charge is 2.21. The van der Waals surface area contributed by atoms with Gasteiger partial charge in [-0.3, -0.25) is 9.78 Å². The summed E-state index contributed by atoms with van der Waals surface area (Å²) in [6, 6.07) is 12.3. The van der Waals surface area contributed by atoms with Crippen LogP contribution in [0.1, 0.15) is 49.4 Å². The molecule has 0 radical (unpaired) electrons. The average molecular weight is 339 g/mol. The van der Waals surface area contributed by atoms with Crippen LogP contribution in [-0.4, -0.2) is 29.9 Å². The Balaban J connectivity index is 2.27. The standard InChI is InChI=1S/C21H29N3O/c1-5-17(6-2)21(25)23-20(19-11-13-22-14-12-19)18-9-7-16(8-10-18)15-24(3)4/h7-14,17,20H,5-6,15H2,1-4H3,(H,23,25). The van der Waals surface area contributed by atoms with Crippen LogP contribution in [0.4, 0.5) is 0 Å². The first-order chi connectivity index (χ1) is 12.0. The zero-order chi connectivity index (χ0) is 18.2. The van der Waals surface area contributed by atoms with Gasteiger partial charge in [0.1, 0.15) is 0 Å². The van der Waals surface area contributed by atoms with Crippen molar-refractivity contribution in [1.29, 1.82) is 0 Å². The minimum absolute atomic E-state index is 0.0531. The maximum absolute atomic E-state index is 12.6. The fourth-order valence-corrected chi connectivity index (χ4v) is 3.02.